The molecule has 0 bridgehead atoms. The molecule has 1 amide bonds. The lowest BCUT2D eigenvalue weighted by Gasteiger charge is -2.13. The van der Waals surface area contributed by atoms with Gasteiger partial charge in [0, 0.05) is 40.8 Å². The topological polar surface area (TPSA) is 143 Å². The minimum atomic E-state index is -3.45. The highest BCUT2D eigenvalue weighted by Gasteiger charge is 2.27. The van der Waals surface area contributed by atoms with Crippen LogP contribution < -0.4 is 5.73 Å². The van der Waals surface area contributed by atoms with Crippen molar-refractivity contribution in [1.29, 1.82) is 0 Å². The molecule has 0 saturated heterocycles. The van der Waals surface area contributed by atoms with Crippen molar-refractivity contribution in [3.8, 4) is 11.1 Å². The second kappa shape index (κ2) is 8.62. The molecule has 3 aromatic rings. The fourth-order valence-corrected chi connectivity index (χ4v) is 5.01. The molecule has 0 radical (unpaired) electrons. The Labute approximate surface area is 194 Å². The molecule has 1 aromatic heterocycles. The van der Waals surface area contributed by atoms with E-state index in [1.165, 1.54) is 12.1 Å². The first-order valence-corrected chi connectivity index (χ1v) is 12.4. The summed E-state index contributed by atoms with van der Waals surface area (Å²) < 4.78 is 37.9. The summed E-state index contributed by atoms with van der Waals surface area (Å²) in [5.41, 5.74) is 8.10. The molecular weight excluding hydrogens is 461 g/mol. The van der Waals surface area contributed by atoms with Crippen molar-refractivity contribution >= 4 is 38.3 Å². The highest BCUT2D eigenvalue weighted by atomic mass is 32.2. The van der Waals surface area contributed by atoms with Crippen LogP contribution in [0.4, 0.5) is 4.39 Å². The zero-order valence-electron chi connectivity index (χ0n) is 18.4. The van der Waals surface area contributed by atoms with Gasteiger partial charge in [0.25, 0.3) is 5.91 Å². The first kappa shape index (κ1) is 23.5. The van der Waals surface area contributed by atoms with E-state index in [-0.39, 0.29) is 28.9 Å². The number of nitrogens with two attached hydrogens (primary N) is 1. The van der Waals surface area contributed by atoms with E-state index in [9.17, 15) is 27.5 Å². The molecule has 176 valence electrons. The van der Waals surface area contributed by atoms with E-state index in [4.69, 9.17) is 5.73 Å². The number of aromatic nitrogens is 1. The summed E-state index contributed by atoms with van der Waals surface area (Å²) in [6, 6.07) is 9.20. The second-order valence-electron chi connectivity index (χ2n) is 8.26. The quantitative estimate of drug-likeness (QED) is 0.471. The number of carbonyl (C=O) groups is 2. The van der Waals surface area contributed by atoms with E-state index in [1.54, 1.807) is 24.3 Å². The van der Waals surface area contributed by atoms with Crippen molar-refractivity contribution in [2.75, 3.05) is 12.8 Å². The molecule has 1 aliphatic heterocycles. The van der Waals surface area contributed by atoms with Crippen LogP contribution in [-0.2, 0) is 20.4 Å². The fraction of sp³-hybridized carbons (Fsp3) is 0.208. The summed E-state index contributed by atoms with van der Waals surface area (Å²) >= 11 is 0. The first-order valence-electron chi connectivity index (χ1n) is 10.4. The lowest BCUT2D eigenvalue weighted by Crippen LogP contribution is -2.09. The number of para-hydroxylation sites is 1. The van der Waals surface area contributed by atoms with Gasteiger partial charge in [-0.05, 0) is 23.3 Å². The molecule has 1 unspecified atom stereocenters. The normalized spacial score (nSPS) is 14.9. The minimum absolute atomic E-state index is 0.000307. The number of hydrogen-bond acceptors (Lipinski definition) is 5. The number of carbonyl (C=O) groups excluding carboxylic acids is 1. The van der Waals surface area contributed by atoms with Gasteiger partial charge in [0.2, 0.25) is 0 Å². The molecule has 34 heavy (non-hydrogen) atoms. The van der Waals surface area contributed by atoms with Crippen LogP contribution in [-0.4, -0.2) is 48.9 Å². The van der Waals surface area contributed by atoms with Gasteiger partial charge in [-0.25, -0.2) is 22.6 Å². The van der Waals surface area contributed by atoms with Gasteiger partial charge in [-0.1, -0.05) is 37.3 Å². The highest BCUT2D eigenvalue weighted by molar-refractivity contribution is 7.89. The average Bonchev–Trinajstić information content (AvgIpc) is 3.34. The predicted molar refractivity (Wildman–Crippen MR) is 127 cm³/mol. The zero-order chi connectivity index (χ0) is 24.8. The molecule has 2 heterocycles. The van der Waals surface area contributed by atoms with Gasteiger partial charge in [-0.3, -0.25) is 4.79 Å². The molecule has 4 rings (SSSR count). The number of aliphatic imine (C=N–C) groups is 1. The van der Waals surface area contributed by atoms with Crippen molar-refractivity contribution in [2.24, 2.45) is 10.7 Å². The van der Waals surface area contributed by atoms with Gasteiger partial charge in [0.1, 0.15) is 11.5 Å². The SMILES string of the molecule is CC(C1=CC(CN)=NC1=O)c1cccc2c(-c3ccc(CS(C)(=O)=O)c(F)c3)c(C(=O)O)[nH]c12. The zero-order valence-corrected chi connectivity index (χ0v) is 19.2. The molecule has 10 heteroatoms. The van der Waals surface area contributed by atoms with Gasteiger partial charge in [-0.15, -0.1) is 0 Å². The Morgan fingerprint density at radius 2 is 2.00 bits per heavy atom. The lowest BCUT2D eigenvalue weighted by atomic mass is 9.90. The number of carboxylic acid groups (broad SMARTS) is 1. The number of nitrogens with zero attached hydrogens (tertiary/aromatic N) is 1. The van der Waals surface area contributed by atoms with Crippen LogP contribution in [0.25, 0.3) is 22.0 Å². The molecule has 2 aromatic carbocycles. The Balaban J connectivity index is 1.87. The number of aromatic carboxylic acids is 1. The third kappa shape index (κ3) is 4.29. The van der Waals surface area contributed by atoms with E-state index in [2.05, 4.69) is 9.98 Å². The van der Waals surface area contributed by atoms with Gasteiger partial charge in [0.05, 0.1) is 17.0 Å². The number of H-pyrrole nitrogens is 1. The Hall–Kier alpha value is -3.63. The maximum absolute atomic E-state index is 14.7. The van der Waals surface area contributed by atoms with Crippen molar-refractivity contribution in [1.82, 2.24) is 4.98 Å². The van der Waals surface area contributed by atoms with E-state index < -0.39 is 39.2 Å². The summed E-state index contributed by atoms with van der Waals surface area (Å²) in [5, 5.41) is 10.4. The Morgan fingerprint density at radius 3 is 2.59 bits per heavy atom. The lowest BCUT2D eigenvalue weighted by molar-refractivity contribution is -0.114. The standard InChI is InChI=1S/C24H22FN3O5S/c1-12(18-9-15(10-26)27-23(18)29)16-4-3-5-17-20(22(24(30)31)28-21(16)17)13-6-7-14(19(25)8-13)11-34(2,32)33/h3-9,12,28H,10-11,26H2,1-2H3,(H,30,31). The van der Waals surface area contributed by atoms with Crippen LogP contribution in [0.15, 0.2) is 53.0 Å². The van der Waals surface area contributed by atoms with Crippen LogP contribution in [0.2, 0.25) is 0 Å². The number of nitrogens with one attached hydrogen (secondary N) is 1. The van der Waals surface area contributed by atoms with Crippen LogP contribution >= 0.6 is 0 Å². The van der Waals surface area contributed by atoms with Crippen molar-refractivity contribution < 1.29 is 27.5 Å². The molecule has 0 spiro atoms. The summed E-state index contributed by atoms with van der Waals surface area (Å²) in [7, 11) is -3.45. The number of benzene rings is 2. The van der Waals surface area contributed by atoms with E-state index in [0.717, 1.165) is 12.3 Å². The summed E-state index contributed by atoms with van der Waals surface area (Å²) in [6.07, 6.45) is 2.65. The van der Waals surface area contributed by atoms with Gasteiger partial charge >= 0.3 is 5.97 Å². The first-order chi connectivity index (χ1) is 16.0. The molecule has 0 aliphatic carbocycles. The number of rotatable bonds is 7. The number of fused-ring (bicyclic) bond motifs is 1. The van der Waals surface area contributed by atoms with Crippen LogP contribution in [0, 0.1) is 5.82 Å². The third-order valence-electron chi connectivity index (χ3n) is 5.80. The average molecular weight is 484 g/mol. The highest BCUT2D eigenvalue weighted by Crippen LogP contribution is 2.39. The Bertz CT molecular complexity index is 1520. The minimum Gasteiger partial charge on any atom is -0.477 e. The van der Waals surface area contributed by atoms with Crippen molar-refractivity contribution in [3.63, 3.8) is 0 Å². The molecule has 1 aliphatic rings. The molecule has 0 saturated carbocycles. The third-order valence-corrected chi connectivity index (χ3v) is 6.63. The molecule has 8 nitrogen and oxygen atoms in total. The van der Waals surface area contributed by atoms with E-state index >= 15 is 0 Å². The number of hydrogen-bond donors (Lipinski definition) is 3. The summed E-state index contributed by atoms with van der Waals surface area (Å²) in [5.74, 6) is -3.25. The molecule has 1 atom stereocenters. The number of carboxylic acids is 1. The van der Waals surface area contributed by atoms with Gasteiger partial charge in [0.15, 0.2) is 9.84 Å². The van der Waals surface area contributed by atoms with Gasteiger partial charge in [-0.2, -0.15) is 0 Å². The molecule has 4 N–H and O–H groups in total. The second-order valence-corrected chi connectivity index (χ2v) is 10.4. The maximum atomic E-state index is 14.7. The Morgan fingerprint density at radius 1 is 1.26 bits per heavy atom. The molecular formula is C24H22FN3O5S. The van der Waals surface area contributed by atoms with Crippen LogP contribution in [0.3, 0.4) is 0 Å². The fourth-order valence-electron chi connectivity index (χ4n) is 4.21. The van der Waals surface area contributed by atoms with E-state index in [1.807, 2.05) is 6.92 Å². The van der Waals surface area contributed by atoms with E-state index in [0.29, 0.717) is 27.8 Å². The summed E-state index contributed by atoms with van der Waals surface area (Å²) in [4.78, 5) is 31.3. The van der Waals surface area contributed by atoms with Crippen molar-refractivity contribution in [3.05, 3.63) is 70.7 Å². The summed E-state index contributed by atoms with van der Waals surface area (Å²) in [6.45, 7) is 1.94. The number of aromatic amines is 1. The largest absolute Gasteiger partial charge is 0.477 e. The van der Waals surface area contributed by atoms with Crippen molar-refractivity contribution in [2.45, 2.75) is 18.6 Å². The molecule has 0 fully saturated rings. The number of sulfone groups is 1. The van der Waals surface area contributed by atoms with Gasteiger partial charge < -0.3 is 15.8 Å². The number of amides is 1. The van der Waals surface area contributed by atoms with Crippen LogP contribution in [0.1, 0.15) is 34.5 Å². The van der Waals surface area contributed by atoms with Crippen LogP contribution in [0.5, 0.6) is 0 Å². The Kier molecular flexibility index (Phi) is 5.96. The predicted octanol–water partition coefficient (Wildman–Crippen LogP) is 3.19. The smallest absolute Gasteiger partial charge is 0.352 e. The number of halogens is 1. The monoisotopic (exact) mass is 483 g/mol. The maximum Gasteiger partial charge on any atom is 0.352 e.